The van der Waals surface area contributed by atoms with Gasteiger partial charge in [-0.05, 0) is 35.9 Å². The maximum atomic E-state index is 13.5. The topological polar surface area (TPSA) is 26.3 Å². The van der Waals surface area contributed by atoms with Crippen LogP contribution in [0, 0.1) is 11.6 Å². The standard InChI is InChI=1S/C15H11BrF2O2/c16-11-3-6-15(14(18)8-11)20-9-13(19)7-10-1-4-12(17)5-2-10/h1-6,8H,7,9H2. The highest BCUT2D eigenvalue weighted by Gasteiger charge is 2.08. The van der Waals surface area contributed by atoms with Crippen molar-refractivity contribution in [3.05, 3.63) is 64.1 Å². The van der Waals surface area contributed by atoms with Gasteiger partial charge in [-0.15, -0.1) is 0 Å². The Morgan fingerprint density at radius 3 is 2.45 bits per heavy atom. The van der Waals surface area contributed by atoms with Crippen LogP contribution in [0.1, 0.15) is 5.56 Å². The fraction of sp³-hybridized carbons (Fsp3) is 0.133. The molecule has 104 valence electrons. The Kier molecular flexibility index (Phi) is 4.84. The van der Waals surface area contributed by atoms with Gasteiger partial charge in [0.2, 0.25) is 0 Å². The Bertz CT molecular complexity index is 612. The number of ketones is 1. The summed E-state index contributed by atoms with van der Waals surface area (Å²) in [4.78, 5) is 11.7. The van der Waals surface area contributed by atoms with Crippen molar-refractivity contribution >= 4 is 21.7 Å². The first-order chi connectivity index (χ1) is 9.54. The number of carbonyl (C=O) groups excluding carboxylic acids is 1. The van der Waals surface area contributed by atoms with Crippen molar-refractivity contribution in [2.45, 2.75) is 6.42 Å². The van der Waals surface area contributed by atoms with E-state index < -0.39 is 5.82 Å². The van der Waals surface area contributed by atoms with Gasteiger partial charge in [-0.2, -0.15) is 0 Å². The number of benzene rings is 2. The average molecular weight is 341 g/mol. The van der Waals surface area contributed by atoms with Gasteiger partial charge >= 0.3 is 0 Å². The Morgan fingerprint density at radius 1 is 1.10 bits per heavy atom. The van der Waals surface area contributed by atoms with Gasteiger partial charge in [0.1, 0.15) is 12.4 Å². The maximum absolute atomic E-state index is 13.5. The van der Waals surface area contributed by atoms with E-state index in [2.05, 4.69) is 15.9 Å². The van der Waals surface area contributed by atoms with Crippen molar-refractivity contribution in [2.24, 2.45) is 0 Å². The summed E-state index contributed by atoms with van der Waals surface area (Å²) in [6.45, 7) is -0.226. The second-order valence-electron chi connectivity index (χ2n) is 4.21. The Morgan fingerprint density at radius 2 is 1.80 bits per heavy atom. The molecule has 2 rings (SSSR count). The van der Waals surface area contributed by atoms with E-state index in [1.807, 2.05) is 0 Å². The van der Waals surface area contributed by atoms with E-state index >= 15 is 0 Å². The minimum absolute atomic E-state index is 0.0284. The second-order valence-corrected chi connectivity index (χ2v) is 5.12. The molecule has 0 amide bonds. The number of carbonyl (C=O) groups is 1. The highest BCUT2D eigenvalue weighted by atomic mass is 79.9. The van der Waals surface area contributed by atoms with Gasteiger partial charge < -0.3 is 4.74 Å². The van der Waals surface area contributed by atoms with E-state index in [4.69, 9.17) is 4.74 Å². The van der Waals surface area contributed by atoms with Crippen LogP contribution in [0.2, 0.25) is 0 Å². The van der Waals surface area contributed by atoms with Gasteiger partial charge in [-0.25, -0.2) is 8.78 Å². The van der Waals surface area contributed by atoms with Crippen LogP contribution >= 0.6 is 15.9 Å². The molecule has 0 N–H and O–H groups in total. The first kappa shape index (κ1) is 14.7. The van der Waals surface area contributed by atoms with Gasteiger partial charge in [0.05, 0.1) is 0 Å². The van der Waals surface area contributed by atoms with Crippen LogP contribution in [0.3, 0.4) is 0 Å². The van der Waals surface area contributed by atoms with E-state index in [9.17, 15) is 13.6 Å². The number of rotatable bonds is 5. The van der Waals surface area contributed by atoms with Crippen molar-refractivity contribution < 1.29 is 18.3 Å². The molecule has 0 atom stereocenters. The molecule has 0 unspecified atom stereocenters. The quantitative estimate of drug-likeness (QED) is 0.824. The lowest BCUT2D eigenvalue weighted by molar-refractivity contribution is -0.120. The summed E-state index contributed by atoms with van der Waals surface area (Å²) in [6, 6.07) is 9.99. The van der Waals surface area contributed by atoms with Crippen LogP contribution in [0.25, 0.3) is 0 Å². The molecular weight excluding hydrogens is 330 g/mol. The van der Waals surface area contributed by atoms with Gasteiger partial charge in [0.25, 0.3) is 0 Å². The van der Waals surface area contributed by atoms with E-state index in [0.717, 1.165) is 0 Å². The molecule has 0 saturated heterocycles. The molecule has 20 heavy (non-hydrogen) atoms. The summed E-state index contributed by atoms with van der Waals surface area (Å²) in [5, 5.41) is 0. The molecule has 2 aromatic carbocycles. The lowest BCUT2D eigenvalue weighted by Crippen LogP contribution is -2.14. The van der Waals surface area contributed by atoms with Crippen LogP contribution in [-0.2, 0) is 11.2 Å². The Hall–Kier alpha value is -1.75. The third kappa shape index (κ3) is 4.13. The van der Waals surface area contributed by atoms with E-state index in [0.29, 0.717) is 10.0 Å². The summed E-state index contributed by atoms with van der Waals surface area (Å²) >= 11 is 3.13. The monoisotopic (exact) mass is 340 g/mol. The fourth-order valence-corrected chi connectivity index (χ4v) is 1.96. The zero-order chi connectivity index (χ0) is 14.5. The lowest BCUT2D eigenvalue weighted by Gasteiger charge is -2.07. The normalized spacial score (nSPS) is 10.3. The molecule has 0 radical (unpaired) electrons. The Balaban J connectivity index is 1.90. The van der Waals surface area contributed by atoms with E-state index in [-0.39, 0.29) is 30.4 Å². The number of halogens is 3. The number of Topliss-reactive ketones (excluding diaryl/α,β-unsaturated/α-hetero) is 1. The molecule has 0 aromatic heterocycles. The summed E-state index contributed by atoms with van der Waals surface area (Å²) in [6.07, 6.45) is 0.123. The van der Waals surface area contributed by atoms with Gasteiger partial charge in [0, 0.05) is 10.9 Å². The first-order valence-electron chi connectivity index (χ1n) is 5.88. The van der Waals surface area contributed by atoms with Gasteiger partial charge in [0.15, 0.2) is 17.3 Å². The van der Waals surface area contributed by atoms with Crippen molar-refractivity contribution in [1.29, 1.82) is 0 Å². The maximum Gasteiger partial charge on any atom is 0.174 e. The number of hydrogen-bond acceptors (Lipinski definition) is 2. The van der Waals surface area contributed by atoms with E-state index in [1.54, 1.807) is 6.07 Å². The Labute approximate surface area is 123 Å². The van der Waals surface area contributed by atoms with Gasteiger partial charge in [-0.3, -0.25) is 4.79 Å². The molecule has 0 spiro atoms. The molecule has 0 aliphatic heterocycles. The molecule has 0 bridgehead atoms. The molecule has 0 aliphatic rings. The van der Waals surface area contributed by atoms with Crippen molar-refractivity contribution in [1.82, 2.24) is 0 Å². The minimum Gasteiger partial charge on any atom is -0.483 e. The third-order valence-corrected chi connectivity index (χ3v) is 3.09. The summed E-state index contributed by atoms with van der Waals surface area (Å²) < 4.78 is 31.9. The number of ether oxygens (including phenoxy) is 1. The molecule has 0 heterocycles. The SMILES string of the molecule is O=C(COc1ccc(Br)cc1F)Cc1ccc(F)cc1. The molecule has 2 nitrogen and oxygen atoms in total. The van der Waals surface area contributed by atoms with E-state index in [1.165, 1.54) is 36.4 Å². The van der Waals surface area contributed by atoms with Crippen LogP contribution in [-0.4, -0.2) is 12.4 Å². The highest BCUT2D eigenvalue weighted by molar-refractivity contribution is 9.10. The van der Waals surface area contributed by atoms with Gasteiger partial charge in [-0.1, -0.05) is 28.1 Å². The molecule has 0 fully saturated rings. The number of hydrogen-bond donors (Lipinski definition) is 0. The van der Waals surface area contributed by atoms with Crippen LogP contribution in [0.5, 0.6) is 5.75 Å². The second kappa shape index (κ2) is 6.61. The van der Waals surface area contributed by atoms with Crippen molar-refractivity contribution in [3.8, 4) is 5.75 Å². The summed E-state index contributed by atoms with van der Waals surface area (Å²) in [5.41, 5.74) is 0.691. The highest BCUT2D eigenvalue weighted by Crippen LogP contribution is 2.21. The summed E-state index contributed by atoms with van der Waals surface area (Å²) in [5.74, 6) is -1.07. The minimum atomic E-state index is -0.533. The molecule has 0 aliphatic carbocycles. The average Bonchev–Trinajstić information content (AvgIpc) is 2.40. The largest absolute Gasteiger partial charge is 0.483 e. The molecule has 0 saturated carbocycles. The predicted octanol–water partition coefficient (Wildman–Crippen LogP) is 3.92. The lowest BCUT2D eigenvalue weighted by atomic mass is 10.1. The zero-order valence-electron chi connectivity index (χ0n) is 10.4. The summed E-state index contributed by atoms with van der Waals surface area (Å²) in [7, 11) is 0. The van der Waals surface area contributed by atoms with Crippen LogP contribution in [0.15, 0.2) is 46.9 Å². The fourth-order valence-electron chi connectivity index (χ4n) is 1.63. The third-order valence-electron chi connectivity index (χ3n) is 2.60. The van der Waals surface area contributed by atoms with Crippen molar-refractivity contribution in [2.75, 3.05) is 6.61 Å². The molecule has 5 heteroatoms. The zero-order valence-corrected chi connectivity index (χ0v) is 12.0. The predicted molar refractivity (Wildman–Crippen MR) is 74.7 cm³/mol. The van der Waals surface area contributed by atoms with Crippen LogP contribution in [0.4, 0.5) is 8.78 Å². The first-order valence-corrected chi connectivity index (χ1v) is 6.68. The molecule has 2 aromatic rings. The molecular formula is C15H11BrF2O2. The van der Waals surface area contributed by atoms with Crippen LogP contribution < -0.4 is 4.74 Å². The van der Waals surface area contributed by atoms with Crippen molar-refractivity contribution in [3.63, 3.8) is 0 Å². The smallest absolute Gasteiger partial charge is 0.174 e.